The maximum absolute atomic E-state index is 12.8. The number of aliphatic hydroxyl groups is 1. The van der Waals surface area contributed by atoms with Gasteiger partial charge in [0, 0.05) is 13.0 Å². The molecule has 3 N–H and O–H groups in total. The molecule has 0 aliphatic carbocycles. The molecule has 0 saturated heterocycles. The highest BCUT2D eigenvalue weighted by atomic mass is 19.3. The van der Waals surface area contributed by atoms with Crippen molar-refractivity contribution in [3.05, 3.63) is 12.7 Å². The molecule has 4 nitrogen and oxygen atoms in total. The van der Waals surface area contributed by atoms with Gasteiger partial charge in [-0.2, -0.15) is 8.78 Å². The van der Waals surface area contributed by atoms with E-state index in [1.807, 2.05) is 0 Å². The molecule has 13 heavy (non-hydrogen) atoms. The summed E-state index contributed by atoms with van der Waals surface area (Å²) in [4.78, 5) is 10.2. The van der Waals surface area contributed by atoms with Crippen LogP contribution in [0.3, 0.4) is 0 Å². The van der Waals surface area contributed by atoms with E-state index in [4.69, 9.17) is 5.11 Å². The van der Waals surface area contributed by atoms with Gasteiger partial charge in [-0.1, -0.05) is 6.58 Å². The molecule has 0 unspecified atom stereocenters. The van der Waals surface area contributed by atoms with Gasteiger partial charge in [0.2, 0.25) is 0 Å². The van der Waals surface area contributed by atoms with Gasteiger partial charge in [0.1, 0.15) is 0 Å². The molecule has 0 aromatic rings. The number of hydrogen-bond acceptors (Lipinski definition) is 3. The summed E-state index contributed by atoms with van der Waals surface area (Å²) >= 11 is 0. The lowest BCUT2D eigenvalue weighted by Gasteiger charge is -2.22. The van der Waals surface area contributed by atoms with Crippen molar-refractivity contribution >= 4 is 6.09 Å². The van der Waals surface area contributed by atoms with Gasteiger partial charge < -0.3 is 15.6 Å². The van der Waals surface area contributed by atoms with Crippen LogP contribution in [-0.4, -0.2) is 29.8 Å². The highest BCUT2D eigenvalue weighted by molar-refractivity contribution is 5.64. The summed E-state index contributed by atoms with van der Waals surface area (Å²) in [5, 5.41) is 8.41. The number of carbonyl (C=O) groups excluding carboxylic acids is 1. The number of carbonyl (C=O) groups is 1. The molecule has 0 bridgehead atoms. The number of aliphatic hydroxyl groups excluding tert-OH is 1. The highest BCUT2D eigenvalue weighted by Gasteiger charge is 2.38. The largest absolute Gasteiger partial charge is 0.440 e. The van der Waals surface area contributed by atoms with Crippen LogP contribution in [0.5, 0.6) is 0 Å². The SMILES string of the molecule is C=CC(F)(F)[C@@H](CCO)OC(N)=O. The van der Waals surface area contributed by atoms with E-state index in [9.17, 15) is 13.6 Å². The summed E-state index contributed by atoms with van der Waals surface area (Å²) in [5.74, 6) is -3.38. The van der Waals surface area contributed by atoms with Crippen molar-refractivity contribution in [2.45, 2.75) is 18.4 Å². The van der Waals surface area contributed by atoms with Gasteiger partial charge in [0.15, 0.2) is 6.10 Å². The molecular formula is C7H11F2NO3. The second-order valence-corrected chi connectivity index (χ2v) is 2.32. The number of rotatable bonds is 5. The average Bonchev–Trinajstić information content (AvgIpc) is 2.03. The van der Waals surface area contributed by atoms with Gasteiger partial charge in [0.25, 0.3) is 0 Å². The summed E-state index contributed by atoms with van der Waals surface area (Å²) in [6.45, 7) is 2.35. The lowest BCUT2D eigenvalue weighted by atomic mass is 10.1. The van der Waals surface area contributed by atoms with Crippen LogP contribution >= 0.6 is 0 Å². The van der Waals surface area contributed by atoms with E-state index >= 15 is 0 Å². The van der Waals surface area contributed by atoms with Crippen molar-refractivity contribution in [2.24, 2.45) is 5.73 Å². The molecule has 0 heterocycles. The Morgan fingerprint density at radius 1 is 1.77 bits per heavy atom. The minimum atomic E-state index is -3.38. The van der Waals surface area contributed by atoms with Crippen LogP contribution in [0.4, 0.5) is 13.6 Å². The topological polar surface area (TPSA) is 72.6 Å². The molecule has 0 rings (SSSR count). The summed E-state index contributed by atoms with van der Waals surface area (Å²) in [6, 6.07) is 0. The molecule has 1 atom stereocenters. The van der Waals surface area contributed by atoms with E-state index in [-0.39, 0.29) is 6.42 Å². The number of hydrogen-bond donors (Lipinski definition) is 2. The van der Waals surface area contributed by atoms with Crippen molar-refractivity contribution < 1.29 is 23.4 Å². The van der Waals surface area contributed by atoms with Crippen LogP contribution in [0.25, 0.3) is 0 Å². The minimum absolute atomic E-state index is 0.344. The summed E-state index contributed by atoms with van der Waals surface area (Å²) in [6.07, 6.45) is -3.11. The third-order valence-corrected chi connectivity index (χ3v) is 1.35. The van der Waals surface area contributed by atoms with Gasteiger partial charge in [-0.15, -0.1) is 0 Å². The fourth-order valence-corrected chi connectivity index (χ4v) is 0.719. The molecule has 0 spiro atoms. The van der Waals surface area contributed by atoms with Gasteiger partial charge in [-0.05, 0) is 6.08 Å². The number of alkyl halides is 2. The monoisotopic (exact) mass is 195 g/mol. The van der Waals surface area contributed by atoms with Crippen molar-refractivity contribution in [2.75, 3.05) is 6.61 Å². The van der Waals surface area contributed by atoms with Gasteiger partial charge in [-0.25, -0.2) is 4.79 Å². The first-order valence-electron chi connectivity index (χ1n) is 3.52. The Morgan fingerprint density at radius 3 is 2.62 bits per heavy atom. The number of primary amides is 1. The first kappa shape index (κ1) is 11.8. The number of halogens is 2. The zero-order valence-corrected chi connectivity index (χ0v) is 6.87. The number of amides is 1. The van der Waals surface area contributed by atoms with Crippen molar-refractivity contribution in [3.63, 3.8) is 0 Å². The summed E-state index contributed by atoms with van der Waals surface area (Å²) < 4.78 is 29.7. The fraction of sp³-hybridized carbons (Fsp3) is 0.571. The van der Waals surface area contributed by atoms with Crippen LogP contribution in [0.2, 0.25) is 0 Å². The van der Waals surface area contributed by atoms with Crippen molar-refractivity contribution in [1.82, 2.24) is 0 Å². The second kappa shape index (κ2) is 4.76. The van der Waals surface area contributed by atoms with Crippen molar-refractivity contribution in [3.8, 4) is 0 Å². The molecule has 0 aromatic carbocycles. The molecule has 0 saturated carbocycles. The normalized spacial score (nSPS) is 13.5. The predicted molar refractivity (Wildman–Crippen MR) is 41.3 cm³/mol. The van der Waals surface area contributed by atoms with E-state index in [2.05, 4.69) is 17.0 Å². The summed E-state index contributed by atoms with van der Waals surface area (Å²) in [5.41, 5.74) is 4.56. The molecule has 0 radical (unpaired) electrons. The van der Waals surface area contributed by atoms with Crippen LogP contribution in [0.1, 0.15) is 6.42 Å². The Hall–Kier alpha value is -1.17. The fourth-order valence-electron chi connectivity index (χ4n) is 0.719. The molecule has 0 aromatic heterocycles. The lowest BCUT2D eigenvalue weighted by molar-refractivity contribution is -0.0804. The van der Waals surface area contributed by atoms with E-state index < -0.39 is 24.7 Å². The van der Waals surface area contributed by atoms with E-state index in [1.54, 1.807) is 0 Å². The third kappa shape index (κ3) is 3.84. The van der Waals surface area contributed by atoms with Gasteiger partial charge in [-0.3, -0.25) is 0 Å². The first-order valence-corrected chi connectivity index (χ1v) is 3.52. The Bertz CT molecular complexity index is 196. The zero-order valence-electron chi connectivity index (χ0n) is 6.87. The van der Waals surface area contributed by atoms with Crippen LogP contribution in [0, 0.1) is 0 Å². The average molecular weight is 195 g/mol. The van der Waals surface area contributed by atoms with Crippen molar-refractivity contribution in [1.29, 1.82) is 0 Å². The number of nitrogens with two attached hydrogens (primary N) is 1. The highest BCUT2D eigenvalue weighted by Crippen LogP contribution is 2.24. The standard InChI is InChI=1S/C7H11F2NO3/c1-2-7(8,9)5(3-4-11)13-6(10)12/h2,5,11H,1,3-4H2,(H2,10,12)/t5-/m1/s1. The summed E-state index contributed by atoms with van der Waals surface area (Å²) in [7, 11) is 0. The van der Waals surface area contributed by atoms with Gasteiger partial charge in [0.05, 0.1) is 0 Å². The number of ether oxygens (including phenoxy) is 1. The second-order valence-electron chi connectivity index (χ2n) is 2.32. The molecular weight excluding hydrogens is 184 g/mol. The Kier molecular flexibility index (Phi) is 4.33. The molecule has 1 amide bonds. The Labute approximate surface area is 74.0 Å². The molecule has 0 aliphatic heterocycles. The third-order valence-electron chi connectivity index (χ3n) is 1.35. The quantitative estimate of drug-likeness (QED) is 0.633. The maximum atomic E-state index is 12.8. The molecule has 6 heteroatoms. The smallest absolute Gasteiger partial charge is 0.404 e. The lowest BCUT2D eigenvalue weighted by Crippen LogP contribution is -2.38. The first-order chi connectivity index (χ1) is 5.94. The van der Waals surface area contributed by atoms with E-state index in [0.29, 0.717) is 6.08 Å². The van der Waals surface area contributed by atoms with Gasteiger partial charge >= 0.3 is 12.0 Å². The molecule has 0 fully saturated rings. The van der Waals surface area contributed by atoms with Crippen LogP contribution in [-0.2, 0) is 4.74 Å². The van der Waals surface area contributed by atoms with E-state index in [0.717, 1.165) is 0 Å². The van der Waals surface area contributed by atoms with E-state index in [1.165, 1.54) is 0 Å². The minimum Gasteiger partial charge on any atom is -0.440 e. The predicted octanol–water partition coefficient (Wildman–Crippen LogP) is 0.654. The Balaban J connectivity index is 4.39. The maximum Gasteiger partial charge on any atom is 0.404 e. The zero-order chi connectivity index (χ0) is 10.5. The Morgan fingerprint density at radius 2 is 2.31 bits per heavy atom. The molecule has 76 valence electrons. The van der Waals surface area contributed by atoms with Crippen LogP contribution in [0.15, 0.2) is 12.7 Å². The molecule has 0 aliphatic rings. The van der Waals surface area contributed by atoms with Crippen LogP contribution < -0.4 is 5.73 Å².